The number of carbonyl (C=O) groups is 3. The molecule has 10 nitrogen and oxygen atoms in total. The highest BCUT2D eigenvalue weighted by Crippen LogP contribution is 2.35. The number of methoxy groups -OCH3 is 1. The van der Waals surface area contributed by atoms with Crippen LogP contribution in [0, 0.1) is 5.92 Å². The van der Waals surface area contributed by atoms with Gasteiger partial charge in [0, 0.05) is 38.1 Å². The average molecular weight is 539 g/mol. The number of nitrogens with two attached hydrogens (primary N) is 2. The van der Waals surface area contributed by atoms with Gasteiger partial charge < -0.3 is 26.4 Å². The molecule has 202 valence electrons. The van der Waals surface area contributed by atoms with E-state index in [0.29, 0.717) is 29.5 Å². The molecule has 0 saturated heterocycles. The monoisotopic (exact) mass is 538 g/mol. The highest BCUT2D eigenvalue weighted by molar-refractivity contribution is 7.09. The zero-order valence-electron chi connectivity index (χ0n) is 22.2. The Balaban J connectivity index is 2.19. The second-order valence-electron chi connectivity index (χ2n) is 9.38. The van der Waals surface area contributed by atoms with Crippen LogP contribution >= 0.6 is 11.5 Å². The van der Waals surface area contributed by atoms with Gasteiger partial charge in [-0.1, -0.05) is 32.0 Å². The van der Waals surface area contributed by atoms with E-state index >= 15 is 0 Å². The molecule has 2 aromatic carbocycles. The van der Waals surface area contributed by atoms with Crippen molar-refractivity contribution < 1.29 is 19.1 Å². The van der Waals surface area contributed by atoms with E-state index in [2.05, 4.69) is 23.5 Å². The topological polar surface area (TPSA) is 144 Å². The quantitative estimate of drug-likeness (QED) is 0.339. The molecular weight excluding hydrogens is 504 g/mol. The summed E-state index contributed by atoms with van der Waals surface area (Å²) in [6.45, 7) is 4.58. The van der Waals surface area contributed by atoms with Crippen molar-refractivity contribution >= 4 is 46.3 Å². The summed E-state index contributed by atoms with van der Waals surface area (Å²) in [5, 5.41) is 2.98. The minimum Gasteiger partial charge on any atom is -0.497 e. The number of hydrogen-bond acceptors (Lipinski definition) is 8. The lowest BCUT2D eigenvalue weighted by Crippen LogP contribution is -2.44. The van der Waals surface area contributed by atoms with E-state index in [1.165, 1.54) is 12.0 Å². The summed E-state index contributed by atoms with van der Waals surface area (Å²) in [4.78, 5) is 43.0. The first kappa shape index (κ1) is 28.5. The maximum atomic E-state index is 14.1. The third kappa shape index (κ3) is 6.41. The summed E-state index contributed by atoms with van der Waals surface area (Å²) in [6, 6.07) is 13.2. The number of carbonyl (C=O) groups excluding carboxylic acids is 3. The molecule has 0 unspecified atom stereocenters. The Kier molecular flexibility index (Phi) is 9.30. The lowest BCUT2D eigenvalue weighted by Gasteiger charge is -2.32. The largest absolute Gasteiger partial charge is 0.497 e. The predicted molar refractivity (Wildman–Crippen MR) is 151 cm³/mol. The first-order chi connectivity index (χ1) is 18.0. The summed E-state index contributed by atoms with van der Waals surface area (Å²) in [5.74, 6) is -0.919. The van der Waals surface area contributed by atoms with E-state index in [0.717, 1.165) is 23.6 Å². The summed E-state index contributed by atoms with van der Waals surface area (Å²) in [6.07, 6.45) is 0.773. The molecule has 1 aromatic heterocycles. The van der Waals surface area contributed by atoms with Gasteiger partial charge in [0.15, 0.2) is 5.69 Å². The molecule has 0 saturated carbocycles. The fourth-order valence-electron chi connectivity index (χ4n) is 3.84. The van der Waals surface area contributed by atoms with Crippen molar-refractivity contribution in [3.8, 4) is 5.75 Å². The van der Waals surface area contributed by atoms with Crippen LogP contribution in [-0.4, -0.2) is 49.8 Å². The van der Waals surface area contributed by atoms with Gasteiger partial charge in [0.2, 0.25) is 5.91 Å². The second-order valence-corrected chi connectivity index (χ2v) is 10.2. The highest BCUT2D eigenvalue weighted by atomic mass is 32.1. The van der Waals surface area contributed by atoms with Gasteiger partial charge in [-0.15, -0.1) is 0 Å². The Labute approximate surface area is 226 Å². The van der Waals surface area contributed by atoms with Gasteiger partial charge in [-0.2, -0.15) is 4.37 Å². The van der Waals surface area contributed by atoms with Crippen molar-refractivity contribution in [3.63, 3.8) is 0 Å². The molecule has 0 spiro atoms. The zero-order valence-corrected chi connectivity index (χ0v) is 23.0. The lowest BCUT2D eigenvalue weighted by molar-refractivity contribution is -0.122. The SMILES string of the molecule is COc1cccc(N(C(=O)c2snc(C(N)=O)c2N)[C@@H](C(=O)NCCC(C)C)c2ccc(N(C)C)cc2)c1. The van der Waals surface area contributed by atoms with Crippen molar-refractivity contribution in [2.45, 2.75) is 26.3 Å². The number of benzene rings is 2. The van der Waals surface area contributed by atoms with Gasteiger partial charge in [-0.25, -0.2) is 0 Å². The minimum absolute atomic E-state index is 0.00603. The molecule has 0 bridgehead atoms. The number of amides is 3. The summed E-state index contributed by atoms with van der Waals surface area (Å²) in [5.41, 5.74) is 13.1. The fraction of sp³-hybridized carbons (Fsp3) is 0.333. The van der Waals surface area contributed by atoms with E-state index in [1.54, 1.807) is 24.3 Å². The third-order valence-electron chi connectivity index (χ3n) is 5.96. The van der Waals surface area contributed by atoms with Gasteiger partial charge in [-0.3, -0.25) is 19.3 Å². The Morgan fingerprint density at radius 3 is 2.32 bits per heavy atom. The number of primary amides is 1. The van der Waals surface area contributed by atoms with Gasteiger partial charge >= 0.3 is 0 Å². The maximum Gasteiger partial charge on any atom is 0.273 e. The van der Waals surface area contributed by atoms with Crippen LogP contribution in [0.5, 0.6) is 5.75 Å². The van der Waals surface area contributed by atoms with Gasteiger partial charge in [0.05, 0.1) is 12.8 Å². The maximum absolute atomic E-state index is 14.1. The molecule has 3 amide bonds. The van der Waals surface area contributed by atoms with E-state index in [9.17, 15) is 14.4 Å². The second kappa shape index (κ2) is 12.4. The summed E-state index contributed by atoms with van der Waals surface area (Å²) < 4.78 is 9.38. The van der Waals surface area contributed by atoms with Crippen LogP contribution < -0.4 is 31.3 Å². The van der Waals surface area contributed by atoms with Crippen LogP contribution in [0.25, 0.3) is 0 Å². The highest BCUT2D eigenvalue weighted by Gasteiger charge is 2.36. The predicted octanol–water partition coefficient (Wildman–Crippen LogP) is 3.45. The molecule has 1 heterocycles. The molecule has 38 heavy (non-hydrogen) atoms. The Hall–Kier alpha value is -4.12. The standard InChI is InChI=1S/C27H34N6O4S/c1-16(2)13-14-30-26(35)23(17-9-11-18(12-10-17)32(3)4)33(19-7-6-8-20(15-19)37-5)27(36)24-21(28)22(25(29)34)31-38-24/h6-12,15-16,23H,13-14,28H2,1-5H3,(H2,29,34)(H,30,35)/t23-/m1/s1. The number of anilines is 3. The number of aromatic nitrogens is 1. The number of rotatable bonds is 11. The minimum atomic E-state index is -1.06. The fourth-order valence-corrected chi connectivity index (χ4v) is 4.58. The average Bonchev–Trinajstić information content (AvgIpc) is 3.28. The lowest BCUT2D eigenvalue weighted by atomic mass is 10.0. The van der Waals surface area contributed by atoms with E-state index in [4.69, 9.17) is 16.2 Å². The van der Waals surface area contributed by atoms with Crippen molar-refractivity contribution in [3.05, 3.63) is 64.7 Å². The molecule has 1 atom stereocenters. The summed E-state index contributed by atoms with van der Waals surface area (Å²) in [7, 11) is 5.35. The Bertz CT molecular complexity index is 1290. The number of ether oxygens (including phenoxy) is 1. The normalized spacial score (nSPS) is 11.6. The smallest absolute Gasteiger partial charge is 0.273 e. The van der Waals surface area contributed by atoms with Crippen LogP contribution in [0.4, 0.5) is 17.1 Å². The third-order valence-corrected chi connectivity index (χ3v) is 6.81. The van der Waals surface area contributed by atoms with Crippen molar-refractivity contribution in [2.24, 2.45) is 11.7 Å². The van der Waals surface area contributed by atoms with Crippen LogP contribution in [0.1, 0.15) is 52.0 Å². The number of nitrogens with one attached hydrogen (secondary N) is 1. The van der Waals surface area contributed by atoms with Crippen LogP contribution in [0.2, 0.25) is 0 Å². The number of nitrogen functional groups attached to an aromatic ring is 1. The van der Waals surface area contributed by atoms with Crippen LogP contribution in [0.15, 0.2) is 48.5 Å². The Morgan fingerprint density at radius 1 is 1.08 bits per heavy atom. The number of hydrogen-bond donors (Lipinski definition) is 3. The van der Waals surface area contributed by atoms with Gasteiger partial charge in [0.25, 0.3) is 11.8 Å². The van der Waals surface area contributed by atoms with Crippen molar-refractivity contribution in [2.75, 3.05) is 43.3 Å². The molecule has 0 fully saturated rings. The molecule has 0 aliphatic heterocycles. The first-order valence-electron chi connectivity index (χ1n) is 12.1. The van der Waals surface area contributed by atoms with E-state index in [-0.39, 0.29) is 22.2 Å². The molecule has 0 aliphatic rings. The first-order valence-corrected chi connectivity index (χ1v) is 12.9. The van der Waals surface area contributed by atoms with E-state index < -0.39 is 17.9 Å². The molecule has 3 aromatic rings. The molecule has 0 aliphatic carbocycles. The van der Waals surface area contributed by atoms with Crippen molar-refractivity contribution in [1.29, 1.82) is 0 Å². The van der Waals surface area contributed by atoms with Crippen LogP contribution in [0.3, 0.4) is 0 Å². The zero-order chi connectivity index (χ0) is 28.0. The van der Waals surface area contributed by atoms with Gasteiger partial charge in [-0.05, 0) is 53.7 Å². The number of nitrogens with zero attached hydrogens (tertiary/aromatic N) is 3. The molecular formula is C27H34N6O4S. The molecule has 3 rings (SSSR count). The summed E-state index contributed by atoms with van der Waals surface area (Å²) >= 11 is 0.761. The molecule has 11 heteroatoms. The van der Waals surface area contributed by atoms with Crippen molar-refractivity contribution in [1.82, 2.24) is 9.69 Å². The molecule has 5 N–H and O–H groups in total. The van der Waals surface area contributed by atoms with E-state index in [1.807, 2.05) is 43.3 Å². The Morgan fingerprint density at radius 2 is 1.76 bits per heavy atom. The van der Waals surface area contributed by atoms with Gasteiger partial charge in [0.1, 0.15) is 16.7 Å². The molecule has 0 radical (unpaired) electrons. The van der Waals surface area contributed by atoms with Crippen LogP contribution in [-0.2, 0) is 4.79 Å².